The second-order valence-electron chi connectivity index (χ2n) is 4.14. The molecule has 1 saturated carbocycles. The van der Waals surface area contributed by atoms with Crippen molar-refractivity contribution in [1.29, 1.82) is 0 Å². The maximum absolute atomic E-state index is 5.99. The minimum atomic E-state index is 0.175. The van der Waals surface area contributed by atoms with Gasteiger partial charge in [-0.2, -0.15) is 0 Å². The molecule has 1 aromatic rings. The maximum Gasteiger partial charge on any atom is 0.137 e. The van der Waals surface area contributed by atoms with Crippen LogP contribution in [0.3, 0.4) is 0 Å². The minimum Gasteiger partial charge on any atom is -0.361 e. The van der Waals surface area contributed by atoms with Crippen LogP contribution in [0.4, 0.5) is 0 Å². The van der Waals surface area contributed by atoms with E-state index in [0.29, 0.717) is 0 Å². The first-order valence-electron chi connectivity index (χ1n) is 4.77. The first-order chi connectivity index (χ1) is 6.08. The molecule has 0 radical (unpaired) electrons. The maximum atomic E-state index is 5.99. The number of aryl methyl sites for hydroxylation is 2. The lowest BCUT2D eigenvalue weighted by Gasteiger charge is -2.19. The Morgan fingerprint density at radius 2 is 2.08 bits per heavy atom. The highest BCUT2D eigenvalue weighted by Gasteiger charge is 2.50. The largest absolute Gasteiger partial charge is 0.361 e. The average Bonchev–Trinajstić information content (AvgIpc) is 2.77. The Balaban J connectivity index is 2.45. The number of rotatable bonds is 2. The molecular weight excluding hydrogens is 164 g/mol. The van der Waals surface area contributed by atoms with Crippen LogP contribution in [0.1, 0.15) is 36.8 Å². The van der Waals surface area contributed by atoms with Gasteiger partial charge in [0, 0.05) is 17.0 Å². The Morgan fingerprint density at radius 3 is 2.38 bits per heavy atom. The molecule has 3 heteroatoms. The van der Waals surface area contributed by atoms with E-state index in [4.69, 9.17) is 10.3 Å². The van der Waals surface area contributed by atoms with Crippen LogP contribution in [0.2, 0.25) is 0 Å². The summed E-state index contributed by atoms with van der Waals surface area (Å²) in [5.74, 6) is 0.937. The molecule has 1 atom stereocenters. The van der Waals surface area contributed by atoms with Crippen molar-refractivity contribution in [1.82, 2.24) is 5.16 Å². The van der Waals surface area contributed by atoms with Crippen LogP contribution in [0.25, 0.3) is 0 Å². The third-order valence-corrected chi connectivity index (χ3v) is 3.19. The zero-order chi connectivity index (χ0) is 9.64. The molecule has 1 heterocycles. The molecule has 0 aliphatic heterocycles. The van der Waals surface area contributed by atoms with E-state index in [0.717, 1.165) is 11.5 Å². The molecule has 0 aromatic carbocycles. The topological polar surface area (TPSA) is 52.0 Å². The molecule has 72 valence electrons. The highest BCUT2D eigenvalue weighted by molar-refractivity contribution is 5.38. The predicted molar refractivity (Wildman–Crippen MR) is 50.5 cm³/mol. The van der Waals surface area contributed by atoms with Crippen LogP contribution in [0.15, 0.2) is 4.52 Å². The van der Waals surface area contributed by atoms with E-state index in [-0.39, 0.29) is 11.5 Å². The summed E-state index contributed by atoms with van der Waals surface area (Å²) in [5, 5.41) is 3.97. The van der Waals surface area contributed by atoms with Crippen LogP contribution in [0, 0.1) is 13.8 Å². The summed E-state index contributed by atoms with van der Waals surface area (Å²) in [7, 11) is 0. The summed E-state index contributed by atoms with van der Waals surface area (Å²) in [5.41, 5.74) is 8.43. The Morgan fingerprint density at radius 1 is 1.46 bits per heavy atom. The molecule has 1 unspecified atom stereocenters. The quantitative estimate of drug-likeness (QED) is 0.753. The Labute approximate surface area is 78.3 Å². The van der Waals surface area contributed by atoms with Crippen LogP contribution in [-0.2, 0) is 5.41 Å². The van der Waals surface area contributed by atoms with Gasteiger partial charge in [-0.05, 0) is 33.6 Å². The highest BCUT2D eigenvalue weighted by Crippen LogP contribution is 2.52. The molecule has 1 aliphatic carbocycles. The molecular formula is C10H16N2O. The summed E-state index contributed by atoms with van der Waals surface area (Å²) >= 11 is 0. The Kier molecular flexibility index (Phi) is 1.74. The molecule has 1 fully saturated rings. The standard InChI is InChI=1S/C10H16N2O/c1-6-9(7(2)13-12-6)10(4-5-10)8(3)11/h8H,4-5,11H2,1-3H3. The predicted octanol–water partition coefficient (Wildman–Crippen LogP) is 1.67. The molecule has 1 aromatic heterocycles. The lowest BCUT2D eigenvalue weighted by Crippen LogP contribution is -2.32. The summed E-state index contributed by atoms with van der Waals surface area (Å²) in [6.45, 7) is 6.03. The van der Waals surface area contributed by atoms with Crippen molar-refractivity contribution in [2.45, 2.75) is 45.1 Å². The number of aromatic nitrogens is 1. The van der Waals surface area contributed by atoms with Crippen molar-refractivity contribution < 1.29 is 4.52 Å². The van der Waals surface area contributed by atoms with Crippen molar-refractivity contribution in [3.05, 3.63) is 17.0 Å². The summed E-state index contributed by atoms with van der Waals surface area (Å²) in [4.78, 5) is 0. The van der Waals surface area contributed by atoms with Crippen LogP contribution in [0.5, 0.6) is 0 Å². The molecule has 1 aliphatic rings. The number of nitrogens with zero attached hydrogens (tertiary/aromatic N) is 1. The number of hydrogen-bond acceptors (Lipinski definition) is 3. The summed E-state index contributed by atoms with van der Waals surface area (Å²) in [6, 6.07) is 0.198. The fourth-order valence-electron chi connectivity index (χ4n) is 2.26. The van der Waals surface area contributed by atoms with Gasteiger partial charge in [0.05, 0.1) is 5.69 Å². The van der Waals surface area contributed by atoms with E-state index in [1.54, 1.807) is 0 Å². The van der Waals surface area contributed by atoms with E-state index >= 15 is 0 Å². The van der Waals surface area contributed by atoms with Gasteiger partial charge in [0.25, 0.3) is 0 Å². The Hall–Kier alpha value is -0.830. The minimum absolute atomic E-state index is 0.175. The summed E-state index contributed by atoms with van der Waals surface area (Å²) < 4.78 is 5.17. The third-order valence-electron chi connectivity index (χ3n) is 3.19. The van der Waals surface area contributed by atoms with Gasteiger partial charge in [0.1, 0.15) is 5.76 Å². The van der Waals surface area contributed by atoms with Crippen molar-refractivity contribution in [3.63, 3.8) is 0 Å². The number of hydrogen-bond donors (Lipinski definition) is 1. The van der Waals surface area contributed by atoms with Gasteiger partial charge in [0.15, 0.2) is 0 Å². The first kappa shape index (κ1) is 8.75. The number of nitrogens with two attached hydrogens (primary N) is 1. The van der Waals surface area contributed by atoms with E-state index < -0.39 is 0 Å². The highest BCUT2D eigenvalue weighted by atomic mass is 16.5. The van der Waals surface area contributed by atoms with Gasteiger partial charge in [-0.25, -0.2) is 0 Å². The Bertz CT molecular complexity index is 304. The van der Waals surface area contributed by atoms with Crippen LogP contribution < -0.4 is 5.73 Å². The molecule has 2 N–H and O–H groups in total. The van der Waals surface area contributed by atoms with Gasteiger partial charge in [-0.1, -0.05) is 5.16 Å². The second kappa shape index (κ2) is 2.58. The molecule has 2 rings (SSSR count). The van der Waals surface area contributed by atoms with Gasteiger partial charge < -0.3 is 10.3 Å². The van der Waals surface area contributed by atoms with Crippen molar-refractivity contribution >= 4 is 0 Å². The zero-order valence-corrected chi connectivity index (χ0v) is 8.42. The van der Waals surface area contributed by atoms with E-state index in [1.807, 2.05) is 13.8 Å². The molecule has 0 spiro atoms. The average molecular weight is 180 g/mol. The summed E-state index contributed by atoms with van der Waals surface area (Å²) in [6.07, 6.45) is 2.35. The van der Waals surface area contributed by atoms with E-state index in [9.17, 15) is 0 Å². The lowest BCUT2D eigenvalue weighted by molar-refractivity contribution is 0.390. The normalized spacial score (nSPS) is 21.5. The lowest BCUT2D eigenvalue weighted by atomic mass is 9.88. The molecule has 0 amide bonds. The van der Waals surface area contributed by atoms with Gasteiger partial charge in [-0.15, -0.1) is 0 Å². The molecule has 13 heavy (non-hydrogen) atoms. The zero-order valence-electron chi connectivity index (χ0n) is 8.42. The first-order valence-corrected chi connectivity index (χ1v) is 4.77. The fraction of sp³-hybridized carbons (Fsp3) is 0.700. The monoisotopic (exact) mass is 180 g/mol. The smallest absolute Gasteiger partial charge is 0.137 e. The van der Waals surface area contributed by atoms with Crippen molar-refractivity contribution in [3.8, 4) is 0 Å². The molecule has 3 nitrogen and oxygen atoms in total. The SMILES string of the molecule is Cc1noc(C)c1C1(C(C)N)CC1. The second-order valence-corrected chi connectivity index (χ2v) is 4.14. The van der Waals surface area contributed by atoms with E-state index in [2.05, 4.69) is 12.1 Å². The van der Waals surface area contributed by atoms with Crippen molar-refractivity contribution in [2.75, 3.05) is 0 Å². The third kappa shape index (κ3) is 1.10. The molecule has 0 saturated heterocycles. The van der Waals surface area contributed by atoms with E-state index in [1.165, 1.54) is 18.4 Å². The van der Waals surface area contributed by atoms with Gasteiger partial charge >= 0.3 is 0 Å². The van der Waals surface area contributed by atoms with Crippen LogP contribution >= 0.6 is 0 Å². The van der Waals surface area contributed by atoms with Gasteiger partial charge in [0.2, 0.25) is 0 Å². The molecule has 0 bridgehead atoms. The van der Waals surface area contributed by atoms with Crippen molar-refractivity contribution in [2.24, 2.45) is 5.73 Å². The fourth-order valence-corrected chi connectivity index (χ4v) is 2.26. The van der Waals surface area contributed by atoms with Crippen LogP contribution in [-0.4, -0.2) is 11.2 Å². The van der Waals surface area contributed by atoms with Gasteiger partial charge in [-0.3, -0.25) is 0 Å².